The molecule has 1 heterocycles. The van der Waals surface area contributed by atoms with Crippen molar-refractivity contribution in [3.05, 3.63) is 12.7 Å². The van der Waals surface area contributed by atoms with E-state index in [1.807, 2.05) is 6.08 Å². The molecule has 0 N–H and O–H groups in total. The van der Waals surface area contributed by atoms with E-state index in [4.69, 9.17) is 9.47 Å². The Hall–Kier alpha value is -1.16. The summed E-state index contributed by atoms with van der Waals surface area (Å²) in [5, 5.41) is 0. The molecule has 0 aromatic carbocycles. The van der Waals surface area contributed by atoms with Gasteiger partial charge in [-0.15, -0.1) is 6.58 Å². The SMILES string of the molecule is C=C[C@@H](C)CC(=O)[C@H]1[C@@H](C)C(OC(=O)C2CCCO2)C[C@H]2C(C)(C)CCC[C@]12C. The maximum absolute atomic E-state index is 13.5. The van der Waals surface area contributed by atoms with E-state index in [2.05, 4.69) is 41.2 Å². The highest BCUT2D eigenvalue weighted by Gasteiger charge is 2.59. The van der Waals surface area contributed by atoms with Crippen molar-refractivity contribution >= 4 is 11.8 Å². The number of fused-ring (bicyclic) bond motifs is 1. The number of ether oxygens (including phenoxy) is 2. The van der Waals surface area contributed by atoms with E-state index in [9.17, 15) is 9.59 Å². The molecule has 0 radical (unpaired) electrons. The summed E-state index contributed by atoms with van der Waals surface area (Å²) in [6.07, 6.45) is 7.66. The van der Waals surface area contributed by atoms with Crippen LogP contribution in [0.5, 0.6) is 0 Å². The standard InChI is InChI=1S/C25H40O4/c1-7-16(2)14-18(26)22-17(3)20(29-23(27)19-10-8-13-28-19)15-21-24(4,5)11-9-12-25(21,22)6/h7,16-17,19-22H,1,8-15H2,2-6H3/t16-,17+,19?,20?,21+,22-,25+/m1/s1. The fourth-order valence-corrected chi connectivity index (χ4v) is 6.72. The summed E-state index contributed by atoms with van der Waals surface area (Å²) in [5.41, 5.74) is 0.107. The van der Waals surface area contributed by atoms with Gasteiger partial charge in [0.15, 0.2) is 6.10 Å². The van der Waals surface area contributed by atoms with Crippen LogP contribution in [0.3, 0.4) is 0 Å². The average molecular weight is 405 g/mol. The highest BCUT2D eigenvalue weighted by molar-refractivity contribution is 5.83. The molecule has 164 valence electrons. The summed E-state index contributed by atoms with van der Waals surface area (Å²) < 4.78 is 11.6. The van der Waals surface area contributed by atoms with E-state index in [0.717, 1.165) is 38.5 Å². The highest BCUT2D eigenvalue weighted by Crippen LogP contribution is 2.62. The molecule has 2 aliphatic carbocycles. The van der Waals surface area contributed by atoms with Gasteiger partial charge in [0.05, 0.1) is 0 Å². The van der Waals surface area contributed by atoms with E-state index in [0.29, 0.717) is 24.7 Å². The van der Waals surface area contributed by atoms with Gasteiger partial charge in [-0.1, -0.05) is 47.1 Å². The Kier molecular flexibility index (Phi) is 6.62. The van der Waals surface area contributed by atoms with E-state index < -0.39 is 6.10 Å². The van der Waals surface area contributed by atoms with E-state index in [1.165, 1.54) is 0 Å². The first-order valence-electron chi connectivity index (χ1n) is 11.6. The van der Waals surface area contributed by atoms with Crippen molar-refractivity contribution in [3.8, 4) is 0 Å². The molecular weight excluding hydrogens is 364 g/mol. The van der Waals surface area contributed by atoms with E-state index in [-0.39, 0.29) is 40.7 Å². The van der Waals surface area contributed by atoms with Crippen LogP contribution in [0, 0.1) is 34.5 Å². The monoisotopic (exact) mass is 404 g/mol. The number of carbonyl (C=O) groups is 2. The molecule has 0 aromatic heterocycles. The summed E-state index contributed by atoms with van der Waals surface area (Å²) in [7, 11) is 0. The largest absolute Gasteiger partial charge is 0.460 e. The Labute approximate surface area is 176 Å². The van der Waals surface area contributed by atoms with Crippen LogP contribution in [0.15, 0.2) is 12.7 Å². The van der Waals surface area contributed by atoms with Crippen LogP contribution >= 0.6 is 0 Å². The van der Waals surface area contributed by atoms with Crippen LogP contribution in [0.4, 0.5) is 0 Å². The van der Waals surface area contributed by atoms with Gasteiger partial charge in [0, 0.05) is 24.9 Å². The molecule has 7 atom stereocenters. The van der Waals surface area contributed by atoms with Crippen molar-refractivity contribution in [1.82, 2.24) is 0 Å². The number of hydrogen-bond donors (Lipinski definition) is 0. The Morgan fingerprint density at radius 2 is 1.97 bits per heavy atom. The topological polar surface area (TPSA) is 52.6 Å². The number of hydrogen-bond acceptors (Lipinski definition) is 4. The first kappa shape index (κ1) is 22.5. The third-order valence-corrected chi connectivity index (χ3v) is 8.30. The molecule has 0 amide bonds. The minimum atomic E-state index is -0.426. The van der Waals surface area contributed by atoms with Crippen LogP contribution in [0.1, 0.15) is 79.6 Å². The van der Waals surface area contributed by atoms with Crippen LogP contribution < -0.4 is 0 Å². The Morgan fingerprint density at radius 3 is 2.59 bits per heavy atom. The van der Waals surface area contributed by atoms with Crippen LogP contribution in [-0.2, 0) is 19.1 Å². The zero-order valence-corrected chi connectivity index (χ0v) is 19.0. The van der Waals surface area contributed by atoms with Crippen LogP contribution in [0.2, 0.25) is 0 Å². The molecule has 3 rings (SSSR count). The maximum Gasteiger partial charge on any atom is 0.335 e. The van der Waals surface area contributed by atoms with Crippen molar-refractivity contribution < 1.29 is 19.1 Å². The van der Waals surface area contributed by atoms with Crippen molar-refractivity contribution in [1.29, 1.82) is 0 Å². The smallest absolute Gasteiger partial charge is 0.335 e. The van der Waals surface area contributed by atoms with Crippen molar-refractivity contribution in [3.63, 3.8) is 0 Å². The molecule has 2 saturated carbocycles. The number of rotatable bonds is 6. The number of Topliss-reactive ketones (excluding diaryl/α,β-unsaturated/α-hetero) is 1. The highest BCUT2D eigenvalue weighted by atomic mass is 16.6. The van der Waals surface area contributed by atoms with E-state index >= 15 is 0 Å². The van der Waals surface area contributed by atoms with Crippen LogP contribution in [0.25, 0.3) is 0 Å². The van der Waals surface area contributed by atoms with Crippen molar-refractivity contribution in [2.75, 3.05) is 6.61 Å². The molecule has 1 aliphatic heterocycles. The summed E-state index contributed by atoms with van der Waals surface area (Å²) in [6, 6.07) is 0. The van der Waals surface area contributed by atoms with Crippen molar-refractivity contribution in [2.45, 2.75) is 91.8 Å². The summed E-state index contributed by atoms with van der Waals surface area (Å²) >= 11 is 0. The molecule has 1 saturated heterocycles. The second-order valence-electron chi connectivity index (χ2n) is 10.8. The Morgan fingerprint density at radius 1 is 1.24 bits per heavy atom. The summed E-state index contributed by atoms with van der Waals surface area (Å²) in [6.45, 7) is 15.7. The fourth-order valence-electron chi connectivity index (χ4n) is 6.72. The molecule has 29 heavy (non-hydrogen) atoms. The predicted molar refractivity (Wildman–Crippen MR) is 114 cm³/mol. The molecule has 3 aliphatic rings. The molecule has 0 aromatic rings. The second-order valence-corrected chi connectivity index (χ2v) is 10.8. The third kappa shape index (κ3) is 4.33. The number of ketones is 1. The predicted octanol–water partition coefficient (Wildman–Crippen LogP) is 5.35. The van der Waals surface area contributed by atoms with Gasteiger partial charge >= 0.3 is 5.97 Å². The molecule has 0 bridgehead atoms. The molecule has 2 unspecified atom stereocenters. The lowest BCUT2D eigenvalue weighted by atomic mass is 9.45. The molecule has 4 nitrogen and oxygen atoms in total. The van der Waals surface area contributed by atoms with Crippen molar-refractivity contribution in [2.24, 2.45) is 34.5 Å². The lowest BCUT2D eigenvalue weighted by Crippen LogP contribution is -2.58. The van der Waals surface area contributed by atoms with Gasteiger partial charge in [-0.3, -0.25) is 4.79 Å². The maximum atomic E-state index is 13.5. The first-order valence-corrected chi connectivity index (χ1v) is 11.6. The minimum absolute atomic E-state index is 0.0278. The van der Waals surface area contributed by atoms with E-state index in [1.54, 1.807) is 0 Å². The molecule has 0 spiro atoms. The third-order valence-electron chi connectivity index (χ3n) is 8.30. The second kappa shape index (κ2) is 8.53. The average Bonchev–Trinajstić information content (AvgIpc) is 3.17. The lowest BCUT2D eigenvalue weighted by molar-refractivity contribution is -0.187. The number of carbonyl (C=O) groups excluding carboxylic acids is 2. The minimum Gasteiger partial charge on any atom is -0.460 e. The number of allylic oxidation sites excluding steroid dienone is 1. The zero-order chi connectivity index (χ0) is 21.4. The Bertz CT molecular complexity index is 633. The van der Waals surface area contributed by atoms with Gasteiger partial charge in [-0.05, 0) is 54.8 Å². The first-order chi connectivity index (χ1) is 13.6. The summed E-state index contributed by atoms with van der Waals surface area (Å²) in [5.74, 6) is 0.569. The van der Waals surface area contributed by atoms with Gasteiger partial charge in [-0.2, -0.15) is 0 Å². The lowest BCUT2D eigenvalue weighted by Gasteiger charge is -2.60. The molecular formula is C25H40O4. The summed E-state index contributed by atoms with van der Waals surface area (Å²) in [4.78, 5) is 26.2. The fraction of sp³-hybridized carbons (Fsp3) is 0.840. The molecule has 4 heteroatoms. The number of esters is 1. The van der Waals surface area contributed by atoms with Gasteiger partial charge < -0.3 is 9.47 Å². The van der Waals surface area contributed by atoms with Crippen LogP contribution in [-0.4, -0.2) is 30.6 Å². The normalized spacial score (nSPS) is 40.0. The van der Waals surface area contributed by atoms with Gasteiger partial charge in [0.2, 0.25) is 0 Å². The van der Waals surface area contributed by atoms with Gasteiger partial charge in [0.25, 0.3) is 0 Å². The van der Waals surface area contributed by atoms with Gasteiger partial charge in [0.1, 0.15) is 11.9 Å². The Balaban J connectivity index is 1.88. The van der Waals surface area contributed by atoms with Gasteiger partial charge in [-0.25, -0.2) is 4.79 Å². The molecule has 3 fully saturated rings. The quantitative estimate of drug-likeness (QED) is 0.442. The zero-order valence-electron chi connectivity index (χ0n) is 19.0.